The SMILES string of the molecule is Cc1ccccc1CNC(=O)C1CCN(c2nc3ccccc3[nH]2)CC1. The molecular weight excluding hydrogens is 324 g/mol. The fourth-order valence-corrected chi connectivity index (χ4v) is 3.58. The van der Waals surface area contributed by atoms with Crippen molar-refractivity contribution in [3.05, 3.63) is 59.7 Å². The van der Waals surface area contributed by atoms with Crippen LogP contribution in [-0.2, 0) is 11.3 Å². The molecule has 5 nitrogen and oxygen atoms in total. The van der Waals surface area contributed by atoms with E-state index < -0.39 is 0 Å². The van der Waals surface area contributed by atoms with Crippen LogP contribution in [0.2, 0.25) is 0 Å². The number of aromatic amines is 1. The third kappa shape index (κ3) is 3.43. The number of hydrogen-bond acceptors (Lipinski definition) is 3. The number of imidazole rings is 1. The molecule has 0 atom stereocenters. The molecule has 0 unspecified atom stereocenters. The van der Waals surface area contributed by atoms with Crippen LogP contribution in [0.4, 0.5) is 5.95 Å². The second-order valence-corrected chi connectivity index (χ2v) is 6.98. The van der Waals surface area contributed by atoms with E-state index in [1.807, 2.05) is 36.4 Å². The fraction of sp³-hybridized carbons (Fsp3) is 0.333. The predicted octanol–water partition coefficient (Wildman–Crippen LogP) is 3.40. The van der Waals surface area contributed by atoms with Gasteiger partial charge in [-0.25, -0.2) is 4.98 Å². The van der Waals surface area contributed by atoms with Crippen LogP contribution in [0.15, 0.2) is 48.5 Å². The quantitative estimate of drug-likeness (QED) is 0.760. The molecule has 0 spiro atoms. The number of benzene rings is 2. The van der Waals surface area contributed by atoms with Gasteiger partial charge in [-0.1, -0.05) is 36.4 Å². The Bertz CT molecular complexity index is 876. The van der Waals surface area contributed by atoms with Gasteiger partial charge >= 0.3 is 0 Å². The predicted molar refractivity (Wildman–Crippen MR) is 104 cm³/mol. The summed E-state index contributed by atoms with van der Waals surface area (Å²) in [7, 11) is 0. The number of anilines is 1. The zero-order chi connectivity index (χ0) is 17.9. The van der Waals surface area contributed by atoms with Crippen LogP contribution in [0.25, 0.3) is 11.0 Å². The topological polar surface area (TPSA) is 61.0 Å². The molecule has 134 valence electrons. The summed E-state index contributed by atoms with van der Waals surface area (Å²) in [5, 5.41) is 3.10. The van der Waals surface area contributed by atoms with Crippen LogP contribution >= 0.6 is 0 Å². The number of fused-ring (bicyclic) bond motifs is 1. The summed E-state index contributed by atoms with van der Waals surface area (Å²) >= 11 is 0. The normalized spacial score (nSPS) is 15.3. The maximum atomic E-state index is 12.5. The van der Waals surface area contributed by atoms with Crippen LogP contribution in [0, 0.1) is 12.8 Å². The van der Waals surface area contributed by atoms with E-state index in [4.69, 9.17) is 0 Å². The Hall–Kier alpha value is -2.82. The summed E-state index contributed by atoms with van der Waals surface area (Å²) in [5.74, 6) is 1.15. The van der Waals surface area contributed by atoms with Gasteiger partial charge in [-0.15, -0.1) is 0 Å². The number of nitrogens with zero attached hydrogens (tertiary/aromatic N) is 2. The zero-order valence-electron chi connectivity index (χ0n) is 15.0. The molecule has 1 aliphatic heterocycles. The molecule has 0 bridgehead atoms. The largest absolute Gasteiger partial charge is 0.352 e. The number of nitrogens with one attached hydrogen (secondary N) is 2. The van der Waals surface area contributed by atoms with Gasteiger partial charge in [0.1, 0.15) is 0 Å². The van der Waals surface area contributed by atoms with E-state index in [9.17, 15) is 4.79 Å². The molecule has 1 aliphatic rings. The number of carbonyl (C=O) groups is 1. The van der Waals surface area contributed by atoms with E-state index in [0.29, 0.717) is 6.54 Å². The molecule has 0 radical (unpaired) electrons. The van der Waals surface area contributed by atoms with Gasteiger partial charge in [-0.05, 0) is 43.0 Å². The maximum absolute atomic E-state index is 12.5. The van der Waals surface area contributed by atoms with Crippen LogP contribution in [-0.4, -0.2) is 29.0 Å². The van der Waals surface area contributed by atoms with E-state index in [1.54, 1.807) is 0 Å². The number of hydrogen-bond donors (Lipinski definition) is 2. The standard InChI is InChI=1S/C21H24N4O/c1-15-6-2-3-7-17(15)14-22-20(26)16-10-12-25(13-11-16)21-23-18-8-4-5-9-19(18)24-21/h2-9,16H,10-14H2,1H3,(H,22,26)(H,23,24). The third-order valence-corrected chi connectivity index (χ3v) is 5.26. The van der Waals surface area contributed by atoms with Crippen LogP contribution in [0.3, 0.4) is 0 Å². The van der Waals surface area contributed by atoms with E-state index in [0.717, 1.165) is 42.9 Å². The van der Waals surface area contributed by atoms with E-state index in [-0.39, 0.29) is 11.8 Å². The highest BCUT2D eigenvalue weighted by Gasteiger charge is 2.26. The van der Waals surface area contributed by atoms with Gasteiger partial charge in [0.05, 0.1) is 11.0 Å². The van der Waals surface area contributed by atoms with Crippen LogP contribution in [0.1, 0.15) is 24.0 Å². The van der Waals surface area contributed by atoms with Gasteiger partial charge < -0.3 is 15.2 Å². The van der Waals surface area contributed by atoms with Crippen molar-refractivity contribution < 1.29 is 4.79 Å². The molecule has 1 amide bonds. The number of aryl methyl sites for hydroxylation is 1. The Morgan fingerprint density at radius 2 is 1.88 bits per heavy atom. The first-order chi connectivity index (χ1) is 12.7. The molecule has 1 saturated heterocycles. The molecule has 2 N–H and O–H groups in total. The summed E-state index contributed by atoms with van der Waals surface area (Å²) in [6.07, 6.45) is 1.72. The molecule has 1 fully saturated rings. The van der Waals surface area contributed by atoms with Gasteiger partial charge in [0.25, 0.3) is 0 Å². The van der Waals surface area contributed by atoms with E-state index in [2.05, 4.69) is 39.2 Å². The molecule has 2 aromatic carbocycles. The fourth-order valence-electron chi connectivity index (χ4n) is 3.58. The number of aromatic nitrogens is 2. The Balaban J connectivity index is 1.33. The Morgan fingerprint density at radius 3 is 2.65 bits per heavy atom. The first kappa shape index (κ1) is 16.6. The monoisotopic (exact) mass is 348 g/mol. The molecule has 4 rings (SSSR count). The Kier molecular flexibility index (Phi) is 4.61. The van der Waals surface area contributed by atoms with Crippen molar-refractivity contribution in [3.63, 3.8) is 0 Å². The number of H-pyrrole nitrogens is 1. The van der Waals surface area contributed by atoms with Crippen LogP contribution in [0.5, 0.6) is 0 Å². The summed E-state index contributed by atoms with van der Waals surface area (Å²) in [4.78, 5) is 22.8. The smallest absolute Gasteiger partial charge is 0.223 e. The number of carbonyl (C=O) groups excluding carboxylic acids is 1. The van der Waals surface area contributed by atoms with Gasteiger partial charge in [-0.3, -0.25) is 4.79 Å². The molecule has 0 saturated carbocycles. The van der Waals surface area contributed by atoms with Gasteiger partial charge in [0.15, 0.2) is 0 Å². The second kappa shape index (κ2) is 7.20. The van der Waals surface area contributed by atoms with Gasteiger partial charge in [-0.2, -0.15) is 0 Å². The molecule has 26 heavy (non-hydrogen) atoms. The number of piperidine rings is 1. The molecule has 1 aromatic heterocycles. The highest BCUT2D eigenvalue weighted by molar-refractivity contribution is 5.79. The number of amides is 1. The molecular formula is C21H24N4O. The first-order valence-corrected chi connectivity index (χ1v) is 9.22. The van der Waals surface area contributed by atoms with Crippen molar-refractivity contribution in [3.8, 4) is 0 Å². The number of rotatable bonds is 4. The van der Waals surface area contributed by atoms with Crippen molar-refractivity contribution in [2.45, 2.75) is 26.3 Å². The highest BCUT2D eigenvalue weighted by atomic mass is 16.1. The number of para-hydroxylation sites is 2. The van der Waals surface area contributed by atoms with E-state index in [1.165, 1.54) is 11.1 Å². The zero-order valence-corrected chi connectivity index (χ0v) is 15.0. The molecule has 2 heterocycles. The average Bonchev–Trinajstić information content (AvgIpc) is 3.11. The van der Waals surface area contributed by atoms with Crippen LogP contribution < -0.4 is 10.2 Å². The Labute approximate surface area is 153 Å². The maximum Gasteiger partial charge on any atom is 0.223 e. The third-order valence-electron chi connectivity index (χ3n) is 5.26. The lowest BCUT2D eigenvalue weighted by Gasteiger charge is -2.31. The average molecular weight is 348 g/mol. The van der Waals surface area contributed by atoms with Crippen molar-refractivity contribution in [2.24, 2.45) is 5.92 Å². The van der Waals surface area contributed by atoms with Crippen molar-refractivity contribution in [1.29, 1.82) is 0 Å². The molecule has 0 aliphatic carbocycles. The summed E-state index contributed by atoms with van der Waals surface area (Å²) in [5.41, 5.74) is 4.44. The second-order valence-electron chi connectivity index (χ2n) is 6.98. The summed E-state index contributed by atoms with van der Waals surface area (Å²) in [6, 6.07) is 16.2. The summed E-state index contributed by atoms with van der Waals surface area (Å²) < 4.78 is 0. The lowest BCUT2D eigenvalue weighted by molar-refractivity contribution is -0.125. The van der Waals surface area contributed by atoms with Gasteiger partial charge in [0, 0.05) is 25.6 Å². The van der Waals surface area contributed by atoms with Crippen molar-refractivity contribution >= 4 is 22.9 Å². The first-order valence-electron chi connectivity index (χ1n) is 9.22. The van der Waals surface area contributed by atoms with E-state index >= 15 is 0 Å². The highest BCUT2D eigenvalue weighted by Crippen LogP contribution is 2.23. The van der Waals surface area contributed by atoms with Crippen molar-refractivity contribution in [2.75, 3.05) is 18.0 Å². The minimum atomic E-state index is 0.0830. The van der Waals surface area contributed by atoms with Gasteiger partial charge in [0.2, 0.25) is 11.9 Å². The lowest BCUT2D eigenvalue weighted by atomic mass is 9.96. The Morgan fingerprint density at radius 1 is 1.15 bits per heavy atom. The summed E-state index contributed by atoms with van der Waals surface area (Å²) in [6.45, 7) is 4.38. The minimum absolute atomic E-state index is 0.0830. The molecule has 3 aromatic rings. The lowest BCUT2D eigenvalue weighted by Crippen LogP contribution is -2.40. The molecule has 5 heteroatoms. The minimum Gasteiger partial charge on any atom is -0.352 e. The van der Waals surface area contributed by atoms with Crippen molar-refractivity contribution in [1.82, 2.24) is 15.3 Å².